The second kappa shape index (κ2) is 7.36. The molecule has 0 aromatic rings. The molecular weight excluding hydrogens is 420 g/mol. The van der Waals surface area contributed by atoms with Gasteiger partial charge in [0, 0.05) is 0 Å². The Labute approximate surface area is 208 Å². The molecule has 5 aliphatic carbocycles. The number of aliphatic hydroxyl groups is 1. The van der Waals surface area contributed by atoms with Crippen LogP contribution >= 0.6 is 0 Å². The van der Waals surface area contributed by atoms with Gasteiger partial charge in [-0.05, 0) is 109 Å². The van der Waals surface area contributed by atoms with Crippen molar-refractivity contribution in [3.63, 3.8) is 0 Å². The van der Waals surface area contributed by atoms with Crippen molar-refractivity contribution in [2.24, 2.45) is 50.2 Å². The van der Waals surface area contributed by atoms with Gasteiger partial charge in [0.1, 0.15) is 0 Å². The van der Waals surface area contributed by atoms with Crippen LogP contribution in [-0.4, -0.2) is 24.3 Å². The maximum Gasteiger partial charge on any atom is 0.316 e. The van der Waals surface area contributed by atoms with E-state index in [1.54, 1.807) is 7.11 Å². The first-order chi connectivity index (χ1) is 15.7. The Hall–Kier alpha value is -0.830. The molecule has 0 spiro atoms. The molecule has 192 valence electrons. The zero-order valence-corrected chi connectivity index (χ0v) is 23.2. The summed E-state index contributed by atoms with van der Waals surface area (Å²) in [5.41, 5.74) is 1.58. The third-order valence-corrected chi connectivity index (χ3v) is 13.0. The fourth-order valence-electron chi connectivity index (χ4n) is 10.8. The monoisotopic (exact) mass is 470 g/mol. The highest BCUT2D eigenvalue weighted by Crippen LogP contribution is 2.76. The molecule has 1 unspecified atom stereocenters. The molecule has 3 heteroatoms. The third-order valence-electron chi connectivity index (χ3n) is 13.0. The summed E-state index contributed by atoms with van der Waals surface area (Å²) < 4.78 is 5.74. The fraction of sp³-hybridized carbons (Fsp3) is 0.903. The van der Waals surface area contributed by atoms with E-state index in [-0.39, 0.29) is 28.3 Å². The number of hydrogen-bond donors (Lipinski definition) is 1. The fourth-order valence-corrected chi connectivity index (χ4v) is 10.8. The van der Waals surface area contributed by atoms with Gasteiger partial charge >= 0.3 is 5.97 Å². The molecule has 34 heavy (non-hydrogen) atoms. The first-order valence-corrected chi connectivity index (χ1v) is 14.2. The summed E-state index contributed by atoms with van der Waals surface area (Å²) in [5, 5.41) is 10.9. The number of esters is 1. The van der Waals surface area contributed by atoms with Gasteiger partial charge in [0.15, 0.2) is 0 Å². The maximum atomic E-state index is 14.1. The molecule has 0 aromatic carbocycles. The minimum Gasteiger partial charge on any atom is -0.468 e. The van der Waals surface area contributed by atoms with Crippen molar-refractivity contribution >= 4 is 5.97 Å². The van der Waals surface area contributed by atoms with Crippen molar-refractivity contribution in [3.05, 3.63) is 11.6 Å². The Morgan fingerprint density at radius 2 is 1.59 bits per heavy atom. The number of carbonyl (C=O) groups excluding carboxylic acids is 1. The number of carbonyl (C=O) groups is 1. The van der Waals surface area contributed by atoms with Gasteiger partial charge in [0.05, 0.1) is 18.6 Å². The Kier molecular flexibility index (Phi) is 5.38. The molecule has 5 rings (SSSR count). The Bertz CT molecular complexity index is 900. The molecule has 0 radical (unpaired) electrons. The summed E-state index contributed by atoms with van der Waals surface area (Å²) in [5.74, 6) is 1.47. The van der Waals surface area contributed by atoms with Gasteiger partial charge in [-0.25, -0.2) is 0 Å². The van der Waals surface area contributed by atoms with E-state index in [4.69, 9.17) is 4.74 Å². The molecule has 4 saturated carbocycles. The summed E-state index contributed by atoms with van der Waals surface area (Å²) in [6.45, 7) is 16.9. The van der Waals surface area contributed by atoms with Crippen LogP contribution in [0, 0.1) is 50.2 Å². The lowest BCUT2D eigenvalue weighted by Crippen LogP contribution is -2.67. The van der Waals surface area contributed by atoms with Gasteiger partial charge in [-0.2, -0.15) is 0 Å². The Morgan fingerprint density at radius 1 is 0.912 bits per heavy atom. The van der Waals surface area contributed by atoms with Crippen molar-refractivity contribution in [1.82, 2.24) is 0 Å². The first kappa shape index (κ1) is 24.8. The summed E-state index contributed by atoms with van der Waals surface area (Å²) in [6, 6.07) is 0. The van der Waals surface area contributed by atoms with Crippen molar-refractivity contribution in [1.29, 1.82) is 0 Å². The number of hydrogen-bond acceptors (Lipinski definition) is 3. The van der Waals surface area contributed by atoms with Crippen LogP contribution in [-0.2, 0) is 9.53 Å². The molecule has 8 atom stereocenters. The smallest absolute Gasteiger partial charge is 0.316 e. The van der Waals surface area contributed by atoms with Crippen LogP contribution in [0.15, 0.2) is 11.6 Å². The average molecular weight is 471 g/mol. The molecule has 0 aliphatic heterocycles. The molecule has 0 amide bonds. The molecule has 0 bridgehead atoms. The van der Waals surface area contributed by atoms with Crippen LogP contribution in [0.4, 0.5) is 0 Å². The standard InChI is InChI=1S/C31H50O3/c1-26(2)15-16-28(5)17-18-31(25(33)34-8)20(21(28)19-26)9-10-23-29(6)13-12-24(32)27(3,4)22(29)11-14-30(23,31)7/h9,21-24,32H,10-19H2,1-8H3/t21?,22-,23+,24-,28+,29-,30+,31+/m0/s1. The van der Waals surface area contributed by atoms with Crippen LogP contribution < -0.4 is 0 Å². The molecule has 0 saturated heterocycles. The van der Waals surface area contributed by atoms with Crippen molar-refractivity contribution < 1.29 is 14.6 Å². The number of methoxy groups -OCH3 is 1. The largest absolute Gasteiger partial charge is 0.468 e. The number of ether oxygens (including phenoxy) is 1. The zero-order chi connectivity index (χ0) is 24.9. The minimum absolute atomic E-state index is 0.0357. The topological polar surface area (TPSA) is 46.5 Å². The van der Waals surface area contributed by atoms with E-state index >= 15 is 0 Å². The summed E-state index contributed by atoms with van der Waals surface area (Å²) in [4.78, 5) is 14.1. The highest BCUT2D eigenvalue weighted by molar-refractivity contribution is 5.83. The Balaban J connectivity index is 1.66. The number of fused-ring (bicyclic) bond motifs is 7. The van der Waals surface area contributed by atoms with E-state index in [0.29, 0.717) is 28.6 Å². The normalized spacial score (nSPS) is 51.1. The molecule has 0 heterocycles. The molecular formula is C31H50O3. The molecule has 5 aliphatic rings. The Morgan fingerprint density at radius 3 is 2.26 bits per heavy atom. The van der Waals surface area contributed by atoms with Gasteiger partial charge in [-0.3, -0.25) is 4.79 Å². The molecule has 4 fully saturated rings. The third kappa shape index (κ3) is 2.94. The lowest BCUT2D eigenvalue weighted by atomic mass is 9.33. The van der Waals surface area contributed by atoms with Gasteiger partial charge in [0.25, 0.3) is 0 Å². The molecule has 0 aromatic heterocycles. The van der Waals surface area contributed by atoms with E-state index in [2.05, 4.69) is 54.5 Å². The first-order valence-electron chi connectivity index (χ1n) is 14.2. The minimum atomic E-state index is -0.490. The van der Waals surface area contributed by atoms with E-state index in [1.807, 2.05) is 0 Å². The van der Waals surface area contributed by atoms with E-state index in [1.165, 1.54) is 24.8 Å². The number of rotatable bonds is 1. The number of aliphatic hydroxyl groups excluding tert-OH is 1. The van der Waals surface area contributed by atoms with Crippen molar-refractivity contribution in [2.75, 3.05) is 7.11 Å². The van der Waals surface area contributed by atoms with Gasteiger partial charge in [0.2, 0.25) is 0 Å². The predicted octanol–water partition coefficient (Wildman–Crippen LogP) is 7.32. The molecule has 3 nitrogen and oxygen atoms in total. The molecule has 1 N–H and O–H groups in total. The second-order valence-electron chi connectivity index (χ2n) is 15.3. The highest BCUT2D eigenvalue weighted by atomic mass is 16.5. The SMILES string of the molecule is COC(=O)[C@@]12CC[C@@]3(C)CCC(C)(C)CC3C1=CC[C@@H]1[C@@]3(C)CC[C@H](O)C(C)(C)[C@@H]3CC[C@]12C. The quantitative estimate of drug-likeness (QED) is 0.322. The highest BCUT2D eigenvalue weighted by Gasteiger charge is 2.71. The summed E-state index contributed by atoms with van der Waals surface area (Å²) in [7, 11) is 1.62. The zero-order valence-electron chi connectivity index (χ0n) is 23.2. The van der Waals surface area contributed by atoms with E-state index in [9.17, 15) is 9.90 Å². The average Bonchev–Trinajstić information content (AvgIpc) is 2.76. The maximum absolute atomic E-state index is 14.1. The van der Waals surface area contributed by atoms with Gasteiger partial charge in [-0.1, -0.05) is 60.1 Å². The lowest BCUT2D eigenvalue weighted by Gasteiger charge is -2.70. The number of allylic oxidation sites excluding steroid dienone is 1. The van der Waals surface area contributed by atoms with Gasteiger partial charge < -0.3 is 9.84 Å². The van der Waals surface area contributed by atoms with Crippen molar-refractivity contribution in [3.8, 4) is 0 Å². The van der Waals surface area contributed by atoms with Crippen LogP contribution in [0.3, 0.4) is 0 Å². The summed E-state index contributed by atoms with van der Waals surface area (Å²) in [6.07, 6.45) is 13.3. The van der Waals surface area contributed by atoms with Crippen LogP contribution in [0.2, 0.25) is 0 Å². The van der Waals surface area contributed by atoms with Crippen LogP contribution in [0.25, 0.3) is 0 Å². The van der Waals surface area contributed by atoms with E-state index in [0.717, 1.165) is 44.9 Å². The van der Waals surface area contributed by atoms with Gasteiger partial charge in [-0.15, -0.1) is 0 Å². The van der Waals surface area contributed by atoms with Crippen molar-refractivity contribution in [2.45, 2.75) is 119 Å². The second-order valence-corrected chi connectivity index (χ2v) is 15.3. The summed E-state index contributed by atoms with van der Waals surface area (Å²) >= 11 is 0. The van der Waals surface area contributed by atoms with Crippen LogP contribution in [0.5, 0.6) is 0 Å². The van der Waals surface area contributed by atoms with E-state index < -0.39 is 5.41 Å². The lowest BCUT2D eigenvalue weighted by molar-refractivity contribution is -0.215. The van der Waals surface area contributed by atoms with Crippen LogP contribution in [0.1, 0.15) is 113 Å². The predicted molar refractivity (Wildman–Crippen MR) is 137 cm³/mol.